The van der Waals surface area contributed by atoms with Gasteiger partial charge >= 0.3 is 0 Å². The number of rotatable bonds is 12. The van der Waals surface area contributed by atoms with Gasteiger partial charge in [-0.3, -0.25) is 34.4 Å². The zero-order valence-electron chi connectivity index (χ0n) is 19.8. The second kappa shape index (κ2) is 16.6. The van der Waals surface area contributed by atoms with Gasteiger partial charge in [0.25, 0.3) is 5.69 Å². The summed E-state index contributed by atoms with van der Waals surface area (Å²) in [6.07, 6.45) is 2.19. The molecule has 13 nitrogen and oxygen atoms in total. The monoisotopic (exact) mass is 548 g/mol. The molecular formula is C21H34Cl2N8O5. The lowest BCUT2D eigenvalue weighted by Gasteiger charge is -2.31. The van der Waals surface area contributed by atoms with E-state index in [1.807, 2.05) is 0 Å². The van der Waals surface area contributed by atoms with Crippen molar-refractivity contribution in [1.82, 2.24) is 10.2 Å². The molecule has 1 saturated heterocycles. The highest BCUT2D eigenvalue weighted by atomic mass is 35.5. The minimum Gasteiger partial charge on any atom is -0.370 e. The minimum absolute atomic E-state index is 0. The number of non-ortho nitro benzene ring substituents is 1. The van der Waals surface area contributed by atoms with E-state index in [-0.39, 0.29) is 62.4 Å². The lowest BCUT2D eigenvalue weighted by Crippen LogP contribution is -2.55. The second-order valence-corrected chi connectivity index (χ2v) is 7.90. The van der Waals surface area contributed by atoms with Crippen molar-refractivity contribution in [2.45, 2.75) is 50.6 Å². The number of nitrogens with zero attached hydrogens (tertiary/aromatic N) is 3. The number of nitro benzene ring substituents is 1. The summed E-state index contributed by atoms with van der Waals surface area (Å²) in [7, 11) is 0. The van der Waals surface area contributed by atoms with Gasteiger partial charge in [-0.1, -0.05) is 0 Å². The fraction of sp³-hybridized carbons (Fsp3) is 0.524. The fourth-order valence-corrected chi connectivity index (χ4v) is 3.65. The molecule has 0 saturated carbocycles. The van der Waals surface area contributed by atoms with E-state index in [4.69, 9.17) is 17.2 Å². The fourth-order valence-electron chi connectivity index (χ4n) is 3.65. The molecule has 1 aromatic rings. The largest absolute Gasteiger partial charge is 0.370 e. The van der Waals surface area contributed by atoms with E-state index in [0.717, 1.165) is 11.3 Å². The number of nitrogens with two attached hydrogens (primary N) is 3. The van der Waals surface area contributed by atoms with Crippen LogP contribution in [0.3, 0.4) is 0 Å². The van der Waals surface area contributed by atoms with E-state index in [1.165, 1.54) is 24.3 Å². The lowest BCUT2D eigenvalue weighted by molar-refractivity contribution is -0.384. The molecule has 0 aromatic heterocycles. The first-order valence-electron chi connectivity index (χ1n) is 11.1. The van der Waals surface area contributed by atoms with E-state index in [9.17, 15) is 24.5 Å². The predicted molar refractivity (Wildman–Crippen MR) is 141 cm³/mol. The van der Waals surface area contributed by atoms with Gasteiger partial charge in [0.05, 0.1) is 11.0 Å². The average Bonchev–Trinajstić information content (AvgIpc) is 3.34. The SMILES string of the molecule is Cl.Cl.NCCCC(=O)N(C(=O)[C@@H]1CCCN1)[C@@H](CCCN=C(N)N)C(=O)Nc1ccc([N+](=O)[O-])cc1. The Balaban J connectivity index is 0.00000612. The maximum atomic E-state index is 13.3. The molecule has 2 rings (SSSR count). The molecule has 0 bridgehead atoms. The number of nitro groups is 1. The van der Waals surface area contributed by atoms with Gasteiger partial charge in [-0.25, -0.2) is 0 Å². The highest BCUT2D eigenvalue weighted by Gasteiger charge is 2.38. The van der Waals surface area contributed by atoms with Crippen molar-refractivity contribution >= 4 is 59.9 Å². The van der Waals surface area contributed by atoms with Crippen molar-refractivity contribution in [3.8, 4) is 0 Å². The molecule has 1 fully saturated rings. The number of carbonyl (C=O) groups is 3. The van der Waals surface area contributed by atoms with Crippen LogP contribution in [0.2, 0.25) is 0 Å². The number of hydrogen-bond donors (Lipinski definition) is 5. The maximum absolute atomic E-state index is 13.3. The second-order valence-electron chi connectivity index (χ2n) is 7.90. The Labute approximate surface area is 221 Å². The van der Waals surface area contributed by atoms with Crippen LogP contribution in [0.15, 0.2) is 29.3 Å². The van der Waals surface area contributed by atoms with Gasteiger partial charge in [-0.2, -0.15) is 0 Å². The van der Waals surface area contributed by atoms with E-state index in [0.29, 0.717) is 31.5 Å². The van der Waals surface area contributed by atoms with Crippen LogP contribution < -0.4 is 27.8 Å². The zero-order valence-corrected chi connectivity index (χ0v) is 21.4. The first kappa shape index (κ1) is 33.0. The van der Waals surface area contributed by atoms with Crippen LogP contribution in [0.5, 0.6) is 0 Å². The van der Waals surface area contributed by atoms with Crippen molar-refractivity contribution in [3.63, 3.8) is 0 Å². The molecule has 1 aliphatic rings. The van der Waals surface area contributed by atoms with Crippen LogP contribution >= 0.6 is 24.8 Å². The summed E-state index contributed by atoms with van der Waals surface area (Å²) in [6.45, 7) is 1.12. The van der Waals surface area contributed by atoms with Crippen molar-refractivity contribution in [2.24, 2.45) is 22.2 Å². The summed E-state index contributed by atoms with van der Waals surface area (Å²) in [5, 5.41) is 16.6. The smallest absolute Gasteiger partial charge is 0.269 e. The van der Waals surface area contributed by atoms with Gasteiger partial charge in [-0.05, 0) is 57.3 Å². The van der Waals surface area contributed by atoms with Gasteiger partial charge in [0.15, 0.2) is 5.96 Å². The molecule has 0 unspecified atom stereocenters. The summed E-state index contributed by atoms with van der Waals surface area (Å²) in [6, 6.07) is 3.59. The maximum Gasteiger partial charge on any atom is 0.269 e. The molecule has 1 aliphatic heterocycles. The molecule has 0 radical (unpaired) electrons. The first-order chi connectivity index (χ1) is 16.2. The van der Waals surface area contributed by atoms with Gasteiger partial charge in [0, 0.05) is 30.8 Å². The lowest BCUT2D eigenvalue weighted by atomic mass is 10.0. The summed E-state index contributed by atoms with van der Waals surface area (Å²) in [4.78, 5) is 54.9. The van der Waals surface area contributed by atoms with Crippen LogP contribution in [0, 0.1) is 10.1 Å². The van der Waals surface area contributed by atoms with E-state index >= 15 is 0 Å². The molecule has 15 heteroatoms. The van der Waals surface area contributed by atoms with Crippen molar-refractivity contribution in [2.75, 3.05) is 25.0 Å². The first-order valence-corrected chi connectivity index (χ1v) is 11.1. The number of hydrogen-bond acceptors (Lipinski definition) is 8. The third-order valence-corrected chi connectivity index (χ3v) is 5.35. The molecule has 0 aliphatic carbocycles. The molecule has 0 spiro atoms. The molecule has 3 amide bonds. The quantitative estimate of drug-likeness (QED) is 0.0813. The number of benzene rings is 1. The molecule has 2 atom stereocenters. The topological polar surface area (TPSA) is 212 Å². The number of guanidine groups is 1. The number of anilines is 1. The number of amides is 3. The minimum atomic E-state index is -1.12. The number of halogens is 2. The number of carbonyl (C=O) groups excluding carboxylic acids is 3. The Morgan fingerprint density at radius 2 is 1.86 bits per heavy atom. The third kappa shape index (κ3) is 9.93. The third-order valence-electron chi connectivity index (χ3n) is 5.35. The Bertz CT molecular complexity index is 906. The molecule has 202 valence electrons. The van der Waals surface area contributed by atoms with Crippen LogP contribution in [0.1, 0.15) is 38.5 Å². The van der Waals surface area contributed by atoms with Crippen molar-refractivity contribution < 1.29 is 19.3 Å². The highest BCUT2D eigenvalue weighted by molar-refractivity contribution is 6.05. The Kier molecular flexibility index (Phi) is 15.2. The van der Waals surface area contributed by atoms with Crippen LogP contribution in [0.25, 0.3) is 0 Å². The van der Waals surface area contributed by atoms with Crippen molar-refractivity contribution in [3.05, 3.63) is 34.4 Å². The summed E-state index contributed by atoms with van der Waals surface area (Å²) in [5.41, 5.74) is 16.4. The molecule has 1 heterocycles. The van der Waals surface area contributed by atoms with Crippen LogP contribution in [0.4, 0.5) is 11.4 Å². The summed E-state index contributed by atoms with van der Waals surface area (Å²) >= 11 is 0. The molecule has 1 aromatic carbocycles. The Morgan fingerprint density at radius 1 is 1.19 bits per heavy atom. The van der Waals surface area contributed by atoms with Gasteiger partial charge in [-0.15, -0.1) is 24.8 Å². The standard InChI is InChI=1S/C21H32N8O5.2ClH/c22-11-1-6-18(30)28(20(32)16-4-2-12-25-16)17(5-3-13-26-21(23)24)19(31)27-14-7-9-15(10-8-14)29(33)34;;/h7-10,16-17,25H,1-6,11-13,22H2,(H,27,31)(H4,23,24,26);2*1H/t16-,17-;;/m0../s1. The number of imide groups is 1. The van der Waals surface area contributed by atoms with E-state index in [2.05, 4.69) is 15.6 Å². The Hall–Kier alpha value is -3.00. The van der Waals surface area contributed by atoms with Crippen LogP contribution in [-0.4, -0.2) is 65.2 Å². The predicted octanol–water partition coefficient (Wildman–Crippen LogP) is 0.645. The molecule has 36 heavy (non-hydrogen) atoms. The van der Waals surface area contributed by atoms with Gasteiger partial charge < -0.3 is 27.8 Å². The van der Waals surface area contributed by atoms with Crippen LogP contribution in [-0.2, 0) is 14.4 Å². The molecule has 8 N–H and O–H groups in total. The van der Waals surface area contributed by atoms with Gasteiger partial charge in [0.2, 0.25) is 17.7 Å². The van der Waals surface area contributed by atoms with Gasteiger partial charge in [0.1, 0.15) is 6.04 Å². The van der Waals surface area contributed by atoms with Crippen molar-refractivity contribution in [1.29, 1.82) is 0 Å². The number of nitrogens with one attached hydrogen (secondary N) is 2. The zero-order chi connectivity index (χ0) is 25.1. The Morgan fingerprint density at radius 3 is 2.39 bits per heavy atom. The van der Waals surface area contributed by atoms with E-state index in [1.54, 1.807) is 0 Å². The van der Waals surface area contributed by atoms with E-state index < -0.39 is 34.7 Å². The number of aliphatic imine (C=N–C) groups is 1. The average molecular weight is 549 g/mol. The molecular weight excluding hydrogens is 515 g/mol. The summed E-state index contributed by atoms with van der Waals surface area (Å²) in [5.74, 6) is -1.65. The highest BCUT2D eigenvalue weighted by Crippen LogP contribution is 2.20. The normalized spacial score (nSPS) is 15.0. The summed E-state index contributed by atoms with van der Waals surface area (Å²) < 4.78 is 0.